The van der Waals surface area contributed by atoms with Crippen LogP contribution in [0.25, 0.3) is 0 Å². The van der Waals surface area contributed by atoms with E-state index in [9.17, 15) is 4.79 Å². The molecule has 0 aromatic rings. The molecule has 5 heteroatoms. The summed E-state index contributed by atoms with van der Waals surface area (Å²) in [5, 5.41) is 9.15. The highest BCUT2D eigenvalue weighted by atomic mass is 32.2. The minimum absolute atomic E-state index is 0.231. The molecular weight excluding hydrogens is 391 g/mol. The van der Waals surface area contributed by atoms with Crippen molar-refractivity contribution in [2.75, 3.05) is 5.65 Å². The molecule has 8 unspecified atom stereocenters. The molecule has 4 rings (SSSR count). The molecule has 0 amide bonds. The normalized spacial score (nSPS) is 44.6. The van der Waals surface area contributed by atoms with E-state index in [1.807, 2.05) is 0 Å². The van der Waals surface area contributed by atoms with Crippen LogP contribution in [-0.2, 0) is 8.98 Å². The Balaban J connectivity index is 1.44. The zero-order valence-electron chi connectivity index (χ0n) is 21.1. The molecule has 3 fully saturated rings. The fraction of sp³-hybridized carbons (Fsp3) is 0.880. The molecular formula is C25H41BO3S. The number of aliphatic carboxylic acids is 1. The molecule has 3 saturated carbocycles. The van der Waals surface area contributed by atoms with Crippen molar-refractivity contribution in [1.29, 1.82) is 2.67 Å². The maximum Gasteiger partial charge on any atom is 0.303 e. The first-order valence-electron chi connectivity index (χ1n) is 13.3. The summed E-state index contributed by atoms with van der Waals surface area (Å²) in [6, 6.07) is 0. The molecule has 30 heavy (non-hydrogen) atoms. The number of carbonyl (C=O) groups is 1. The van der Waals surface area contributed by atoms with E-state index in [0.717, 1.165) is 37.0 Å². The molecule has 0 radical (unpaired) electrons. The van der Waals surface area contributed by atoms with Gasteiger partial charge in [0.1, 0.15) is 7.77 Å². The predicted octanol–water partition coefficient (Wildman–Crippen LogP) is 5.69. The van der Waals surface area contributed by atoms with Crippen LogP contribution in [-0.4, -0.2) is 33.3 Å². The molecule has 0 saturated heterocycles. The predicted molar refractivity (Wildman–Crippen MR) is 127 cm³/mol. The van der Waals surface area contributed by atoms with Crippen LogP contribution in [0.2, 0.25) is 0 Å². The second-order valence-electron chi connectivity index (χ2n) is 11.1. The van der Waals surface area contributed by atoms with Crippen molar-refractivity contribution in [3.05, 3.63) is 11.6 Å². The van der Waals surface area contributed by atoms with Crippen LogP contribution in [0.15, 0.2) is 11.6 Å². The number of hydrogen-bond donors (Lipinski definition) is 1. The SMILES string of the molecule is [2H]B([3H])CSOC1CCC2(C)C(=CCC3C2CCC2(C)C(C(C)CCC(=O)O)CCC32)C1. The van der Waals surface area contributed by atoms with Gasteiger partial charge in [-0.15, -0.1) is 0 Å². The Kier molecular flexibility index (Phi) is 5.96. The van der Waals surface area contributed by atoms with Gasteiger partial charge in [-0.3, -0.25) is 4.79 Å². The van der Waals surface area contributed by atoms with E-state index in [4.69, 9.17) is 12.0 Å². The van der Waals surface area contributed by atoms with Crippen LogP contribution >= 0.6 is 12.0 Å². The van der Waals surface area contributed by atoms with Gasteiger partial charge < -0.3 is 9.29 Å². The van der Waals surface area contributed by atoms with Gasteiger partial charge in [0.15, 0.2) is 0 Å². The number of fused-ring (bicyclic) bond motifs is 5. The van der Waals surface area contributed by atoms with E-state index < -0.39 is 13.7 Å². The summed E-state index contributed by atoms with van der Waals surface area (Å²) in [7, 11) is -0.817. The second kappa shape index (κ2) is 8.85. The van der Waals surface area contributed by atoms with Crippen molar-refractivity contribution < 1.29 is 14.1 Å². The maximum atomic E-state index is 11.1. The molecule has 8 atom stereocenters. The lowest BCUT2D eigenvalue weighted by molar-refractivity contribution is -0.137. The Labute approximate surface area is 191 Å². The summed E-state index contributed by atoms with van der Waals surface area (Å²) in [6.07, 6.45) is 13.6. The highest BCUT2D eigenvalue weighted by Crippen LogP contribution is 2.67. The third-order valence-corrected chi connectivity index (χ3v) is 10.4. The molecule has 3 nitrogen and oxygen atoms in total. The van der Waals surface area contributed by atoms with Gasteiger partial charge in [-0.2, -0.15) is 0 Å². The van der Waals surface area contributed by atoms with Crippen LogP contribution in [0, 0.1) is 40.4 Å². The Morgan fingerprint density at radius 3 is 3.00 bits per heavy atom. The summed E-state index contributed by atoms with van der Waals surface area (Å²) in [4.78, 5) is 11.1. The van der Waals surface area contributed by atoms with Crippen molar-refractivity contribution >= 4 is 25.8 Å². The third kappa shape index (κ3) is 3.91. The first kappa shape index (κ1) is 20.2. The quantitative estimate of drug-likeness (QED) is 0.302. The zero-order valence-corrected chi connectivity index (χ0v) is 19.9. The first-order chi connectivity index (χ1) is 15.1. The van der Waals surface area contributed by atoms with Crippen molar-refractivity contribution in [1.82, 2.24) is 0 Å². The van der Waals surface area contributed by atoms with Crippen molar-refractivity contribution in [2.45, 2.75) is 91.1 Å². The molecule has 1 N–H and O–H groups in total. The summed E-state index contributed by atoms with van der Waals surface area (Å²) >= 11 is 1.31. The summed E-state index contributed by atoms with van der Waals surface area (Å²) in [6.45, 7) is 7.36. The van der Waals surface area contributed by atoms with Crippen molar-refractivity contribution in [2.24, 2.45) is 40.4 Å². The summed E-state index contributed by atoms with van der Waals surface area (Å²) in [5.41, 5.74) is 2.71. The Bertz CT molecular complexity index is 734. The monoisotopic (exact) mass is 435 g/mol. The Morgan fingerprint density at radius 2 is 2.23 bits per heavy atom. The maximum absolute atomic E-state index is 11.1. The van der Waals surface area contributed by atoms with Crippen LogP contribution in [0.5, 0.6) is 0 Å². The molecule has 0 bridgehead atoms. The molecule has 0 spiro atoms. The lowest BCUT2D eigenvalue weighted by atomic mass is 9.47. The van der Waals surface area contributed by atoms with Crippen LogP contribution in [0.4, 0.5) is 0 Å². The standard InChI is InChI=1S/C25H41BO3S/c1-16(4-9-23(27)28)20-7-8-21-19-6-5-17-14-18(29-30-15-26)10-12-24(17,2)22(19)11-13-25(20,21)3/h5,16,18-22H,4,6-15,26H2,1-3H3,(H,27,28)/i26TD. The average molecular weight is 435 g/mol. The molecule has 0 aromatic heterocycles. The second-order valence-corrected chi connectivity index (χ2v) is 11.9. The smallest absolute Gasteiger partial charge is 0.303 e. The fourth-order valence-electron chi connectivity index (χ4n) is 8.37. The fourth-order valence-corrected chi connectivity index (χ4v) is 8.81. The Morgan fingerprint density at radius 1 is 1.40 bits per heavy atom. The number of carboxylic acid groups (broad SMARTS) is 1. The van der Waals surface area contributed by atoms with E-state index >= 15 is 0 Å². The number of rotatable bonds is 8. The van der Waals surface area contributed by atoms with E-state index in [0.29, 0.717) is 34.7 Å². The Hall–Kier alpha value is -0.415. The lowest BCUT2D eigenvalue weighted by Gasteiger charge is -2.58. The third-order valence-electron chi connectivity index (χ3n) is 9.90. The number of allylic oxidation sites excluding steroid dienone is 1. The van der Waals surface area contributed by atoms with Gasteiger partial charge >= 0.3 is 5.97 Å². The molecule has 0 heterocycles. The molecule has 0 aromatic carbocycles. The molecule has 4 aliphatic carbocycles. The van der Waals surface area contributed by atoms with Gasteiger partial charge in [-0.05, 0) is 119 Å². The van der Waals surface area contributed by atoms with E-state index in [1.165, 1.54) is 50.6 Å². The number of hydrogen-bond acceptors (Lipinski definition) is 3. The molecule has 0 aliphatic heterocycles. The van der Waals surface area contributed by atoms with Gasteiger partial charge in [0, 0.05) is 6.42 Å². The zero-order chi connectivity index (χ0) is 23.1. The van der Waals surface area contributed by atoms with Crippen LogP contribution in [0.1, 0.15) is 85.0 Å². The lowest BCUT2D eigenvalue weighted by Crippen LogP contribution is -2.50. The minimum Gasteiger partial charge on any atom is -0.481 e. The highest BCUT2D eigenvalue weighted by Gasteiger charge is 2.59. The van der Waals surface area contributed by atoms with Gasteiger partial charge in [0.2, 0.25) is 0 Å². The van der Waals surface area contributed by atoms with Crippen molar-refractivity contribution in [3.8, 4) is 0 Å². The van der Waals surface area contributed by atoms with Gasteiger partial charge in [-0.1, -0.05) is 32.4 Å². The highest BCUT2D eigenvalue weighted by molar-refractivity contribution is 7.95. The van der Waals surface area contributed by atoms with E-state index in [2.05, 4.69) is 26.8 Å². The molecule has 168 valence electrons. The minimum atomic E-state index is -0.817. The summed E-state index contributed by atoms with van der Waals surface area (Å²) < 4.78 is 20.7. The largest absolute Gasteiger partial charge is 0.481 e. The van der Waals surface area contributed by atoms with Crippen LogP contribution in [0.3, 0.4) is 0 Å². The summed E-state index contributed by atoms with van der Waals surface area (Å²) in [5.74, 6) is 2.84. The van der Waals surface area contributed by atoms with E-state index in [1.54, 1.807) is 5.57 Å². The number of carboxylic acids is 1. The van der Waals surface area contributed by atoms with Gasteiger partial charge in [0.05, 0.1) is 6.10 Å². The van der Waals surface area contributed by atoms with Crippen LogP contribution < -0.4 is 0 Å². The van der Waals surface area contributed by atoms with Gasteiger partial charge in [-0.25, -0.2) is 0 Å². The first-order valence-corrected chi connectivity index (χ1v) is 13.1. The van der Waals surface area contributed by atoms with Crippen molar-refractivity contribution in [3.63, 3.8) is 0 Å². The average Bonchev–Trinajstić information content (AvgIpc) is 3.09. The van der Waals surface area contributed by atoms with E-state index in [-0.39, 0.29) is 6.10 Å². The topological polar surface area (TPSA) is 46.5 Å². The van der Waals surface area contributed by atoms with Gasteiger partial charge in [0.25, 0.3) is 0 Å². The molecule has 4 aliphatic rings.